The Hall–Kier alpha value is -1.64. The van der Waals surface area contributed by atoms with Crippen molar-refractivity contribution in [3.63, 3.8) is 0 Å². The Bertz CT molecular complexity index is 898. The van der Waals surface area contributed by atoms with Crippen LogP contribution >= 0.6 is 0 Å². The molecule has 0 aliphatic heterocycles. The number of benzene rings is 2. The average molecular weight is 521 g/mol. The van der Waals surface area contributed by atoms with Crippen LogP contribution in [0.4, 0.5) is 0 Å². The van der Waals surface area contributed by atoms with Gasteiger partial charge in [0.05, 0.1) is 0 Å². The molecule has 0 bridgehead atoms. The maximum atomic E-state index is 5.87. The van der Waals surface area contributed by atoms with Gasteiger partial charge in [-0.2, -0.15) is 0 Å². The van der Waals surface area contributed by atoms with Crippen molar-refractivity contribution in [2.24, 2.45) is 11.3 Å². The summed E-state index contributed by atoms with van der Waals surface area (Å²) in [6.07, 6.45) is 14.3. The van der Waals surface area contributed by atoms with E-state index in [0.717, 1.165) is 58.5 Å². The lowest BCUT2D eigenvalue weighted by Gasteiger charge is -2.49. The van der Waals surface area contributed by atoms with E-state index in [0.29, 0.717) is 11.3 Å². The smallest absolute Gasteiger partial charge is 0.0469 e. The number of rotatable bonds is 17. The molecule has 38 heavy (non-hydrogen) atoms. The minimum Gasteiger partial charge on any atom is -0.381 e. The molecule has 0 radical (unpaired) electrons. The fourth-order valence-electron chi connectivity index (χ4n) is 6.90. The minimum absolute atomic E-state index is 0.0874. The standard InChI is InChI=1S/C36H56O2/c1-6-8-9-10-24-38-26-12-14-32-17-21-34(22-18-32)36(28-30(3)27-35(4,5)29-36)33-19-15-31(16-20-33)13-11-25-37-23-7-2/h15-22,30H,6-14,23-29H2,1-5H3. The Morgan fingerprint density at radius 3 is 1.66 bits per heavy atom. The van der Waals surface area contributed by atoms with Gasteiger partial charge in [0.15, 0.2) is 0 Å². The Morgan fingerprint density at radius 2 is 1.16 bits per heavy atom. The van der Waals surface area contributed by atoms with Gasteiger partial charge in [0.25, 0.3) is 0 Å². The van der Waals surface area contributed by atoms with Gasteiger partial charge in [0.1, 0.15) is 0 Å². The van der Waals surface area contributed by atoms with Crippen LogP contribution in [0.3, 0.4) is 0 Å². The first-order valence-electron chi connectivity index (χ1n) is 15.7. The zero-order valence-corrected chi connectivity index (χ0v) is 25.3. The SMILES string of the molecule is CCCCCCOCCCc1ccc(C2(c3ccc(CCCOCCC)cc3)CC(C)CC(C)(C)C2)cc1. The summed E-state index contributed by atoms with van der Waals surface area (Å²) in [4.78, 5) is 0. The molecule has 3 rings (SSSR count). The summed E-state index contributed by atoms with van der Waals surface area (Å²) in [5.41, 5.74) is 6.27. The molecule has 0 spiro atoms. The molecule has 0 aromatic heterocycles. The predicted molar refractivity (Wildman–Crippen MR) is 163 cm³/mol. The van der Waals surface area contributed by atoms with Crippen LogP contribution in [0, 0.1) is 11.3 Å². The number of unbranched alkanes of at least 4 members (excludes halogenated alkanes) is 3. The van der Waals surface area contributed by atoms with E-state index >= 15 is 0 Å². The molecule has 0 amide bonds. The summed E-state index contributed by atoms with van der Waals surface area (Å²) in [6.45, 7) is 15.4. The van der Waals surface area contributed by atoms with Crippen LogP contribution in [-0.4, -0.2) is 26.4 Å². The van der Waals surface area contributed by atoms with E-state index in [-0.39, 0.29) is 5.41 Å². The fraction of sp³-hybridized carbons (Fsp3) is 0.667. The lowest BCUT2D eigenvalue weighted by molar-refractivity contribution is 0.126. The van der Waals surface area contributed by atoms with E-state index in [4.69, 9.17) is 9.47 Å². The topological polar surface area (TPSA) is 18.5 Å². The van der Waals surface area contributed by atoms with Crippen LogP contribution in [0.25, 0.3) is 0 Å². The summed E-state index contributed by atoms with van der Waals surface area (Å²) in [7, 11) is 0. The molecule has 0 N–H and O–H groups in total. The molecular weight excluding hydrogens is 464 g/mol. The average Bonchev–Trinajstić information content (AvgIpc) is 2.89. The molecule has 2 aromatic rings. The third-order valence-corrected chi connectivity index (χ3v) is 8.39. The molecule has 212 valence electrons. The van der Waals surface area contributed by atoms with E-state index in [1.807, 2.05) is 0 Å². The van der Waals surface area contributed by atoms with Gasteiger partial charge >= 0.3 is 0 Å². The molecule has 1 saturated carbocycles. The Kier molecular flexibility index (Phi) is 12.9. The maximum absolute atomic E-state index is 5.87. The van der Waals surface area contributed by atoms with Gasteiger partial charge < -0.3 is 9.47 Å². The molecule has 2 aromatic carbocycles. The van der Waals surface area contributed by atoms with Gasteiger partial charge in [0.2, 0.25) is 0 Å². The van der Waals surface area contributed by atoms with Crippen LogP contribution in [0.5, 0.6) is 0 Å². The van der Waals surface area contributed by atoms with E-state index in [2.05, 4.69) is 83.1 Å². The maximum Gasteiger partial charge on any atom is 0.0469 e. The molecule has 0 saturated heterocycles. The Balaban J connectivity index is 1.67. The second-order valence-corrected chi connectivity index (χ2v) is 12.8. The zero-order valence-electron chi connectivity index (χ0n) is 25.3. The molecule has 1 aliphatic carbocycles. The number of aryl methyl sites for hydroxylation is 2. The number of ether oxygens (including phenoxy) is 2. The molecule has 2 heteroatoms. The van der Waals surface area contributed by atoms with Crippen molar-refractivity contribution in [1.82, 2.24) is 0 Å². The first-order valence-corrected chi connectivity index (χ1v) is 15.7. The second-order valence-electron chi connectivity index (χ2n) is 12.8. The first kappa shape index (κ1) is 30.9. The molecule has 2 atom stereocenters. The van der Waals surface area contributed by atoms with Gasteiger partial charge in [0, 0.05) is 31.8 Å². The van der Waals surface area contributed by atoms with E-state index in [9.17, 15) is 0 Å². The van der Waals surface area contributed by atoms with Crippen molar-refractivity contribution in [3.8, 4) is 0 Å². The van der Waals surface area contributed by atoms with Gasteiger partial charge in [-0.05, 0) is 91.4 Å². The second kappa shape index (κ2) is 15.8. The highest BCUT2D eigenvalue weighted by molar-refractivity contribution is 5.43. The lowest BCUT2D eigenvalue weighted by atomic mass is 9.55. The highest BCUT2D eigenvalue weighted by Crippen LogP contribution is 2.53. The van der Waals surface area contributed by atoms with Crippen LogP contribution < -0.4 is 0 Å². The quantitative estimate of drug-likeness (QED) is 0.193. The van der Waals surface area contributed by atoms with Crippen molar-refractivity contribution in [2.75, 3.05) is 26.4 Å². The zero-order chi connectivity index (χ0) is 27.3. The fourth-order valence-corrected chi connectivity index (χ4v) is 6.90. The third-order valence-electron chi connectivity index (χ3n) is 8.39. The van der Waals surface area contributed by atoms with E-state index < -0.39 is 0 Å². The largest absolute Gasteiger partial charge is 0.381 e. The summed E-state index contributed by atoms with van der Waals surface area (Å²) >= 11 is 0. The van der Waals surface area contributed by atoms with Crippen molar-refractivity contribution in [1.29, 1.82) is 0 Å². The lowest BCUT2D eigenvalue weighted by Crippen LogP contribution is -2.41. The van der Waals surface area contributed by atoms with E-state index in [1.165, 1.54) is 67.2 Å². The van der Waals surface area contributed by atoms with Crippen LogP contribution in [0.1, 0.15) is 121 Å². The molecule has 1 aliphatic rings. The van der Waals surface area contributed by atoms with Crippen LogP contribution in [-0.2, 0) is 27.7 Å². The van der Waals surface area contributed by atoms with E-state index in [1.54, 1.807) is 0 Å². The number of hydrogen-bond donors (Lipinski definition) is 0. The van der Waals surface area contributed by atoms with Crippen molar-refractivity contribution in [3.05, 3.63) is 70.8 Å². The molecule has 0 heterocycles. The van der Waals surface area contributed by atoms with Crippen molar-refractivity contribution < 1.29 is 9.47 Å². The third kappa shape index (κ3) is 9.53. The predicted octanol–water partition coefficient (Wildman–Crippen LogP) is 9.71. The molecule has 2 unspecified atom stereocenters. The first-order chi connectivity index (χ1) is 18.4. The normalized spacial score (nSPS) is 21.0. The summed E-state index contributed by atoms with van der Waals surface area (Å²) < 4.78 is 11.6. The highest BCUT2D eigenvalue weighted by Gasteiger charge is 2.45. The van der Waals surface area contributed by atoms with Gasteiger partial charge in [-0.25, -0.2) is 0 Å². The minimum atomic E-state index is 0.0874. The highest BCUT2D eigenvalue weighted by atomic mass is 16.5. The van der Waals surface area contributed by atoms with Gasteiger partial charge in [-0.3, -0.25) is 0 Å². The van der Waals surface area contributed by atoms with Crippen LogP contribution in [0.2, 0.25) is 0 Å². The van der Waals surface area contributed by atoms with Crippen molar-refractivity contribution in [2.45, 2.75) is 117 Å². The monoisotopic (exact) mass is 520 g/mol. The van der Waals surface area contributed by atoms with Gasteiger partial charge in [-0.15, -0.1) is 0 Å². The molecule has 2 nitrogen and oxygen atoms in total. The van der Waals surface area contributed by atoms with Gasteiger partial charge in [-0.1, -0.05) is 102 Å². The summed E-state index contributed by atoms with van der Waals surface area (Å²) in [5.74, 6) is 0.711. The molecular formula is C36H56O2. The Labute approximate surface area is 234 Å². The Morgan fingerprint density at radius 1 is 0.632 bits per heavy atom. The number of hydrogen-bond acceptors (Lipinski definition) is 2. The van der Waals surface area contributed by atoms with Crippen molar-refractivity contribution >= 4 is 0 Å². The molecule has 1 fully saturated rings. The van der Waals surface area contributed by atoms with Crippen LogP contribution in [0.15, 0.2) is 48.5 Å². The summed E-state index contributed by atoms with van der Waals surface area (Å²) in [5, 5.41) is 0. The summed E-state index contributed by atoms with van der Waals surface area (Å²) in [6, 6.07) is 19.3.